The van der Waals surface area contributed by atoms with E-state index in [1.807, 2.05) is 25.3 Å². The fourth-order valence-corrected chi connectivity index (χ4v) is 1.89. The maximum absolute atomic E-state index is 5.62. The van der Waals surface area contributed by atoms with Crippen LogP contribution in [-0.4, -0.2) is 20.2 Å². The van der Waals surface area contributed by atoms with Crippen molar-refractivity contribution in [2.24, 2.45) is 0 Å². The molecular formula is C12H11N5. The van der Waals surface area contributed by atoms with E-state index in [2.05, 4.69) is 26.2 Å². The number of rotatable bonds is 1. The highest BCUT2D eigenvalue weighted by Gasteiger charge is 2.05. The normalized spacial score (nSPS) is 10.9. The lowest BCUT2D eigenvalue weighted by molar-refractivity contribution is 1.09. The Hall–Kier alpha value is -2.43. The predicted octanol–water partition coefficient (Wildman–Crippen LogP) is 1.91. The number of hydrogen-bond acceptors (Lipinski definition) is 4. The second-order valence-corrected chi connectivity index (χ2v) is 3.89. The molecule has 0 radical (unpaired) electrons. The zero-order chi connectivity index (χ0) is 11.8. The van der Waals surface area contributed by atoms with Gasteiger partial charge in [-0.15, -0.1) is 0 Å². The first-order valence-electron chi connectivity index (χ1n) is 5.27. The average molecular weight is 225 g/mol. The minimum Gasteiger partial charge on any atom is -0.368 e. The number of nitrogens with zero attached hydrogens (tertiary/aromatic N) is 3. The maximum atomic E-state index is 5.62. The van der Waals surface area contributed by atoms with E-state index >= 15 is 0 Å². The van der Waals surface area contributed by atoms with Gasteiger partial charge in [0.25, 0.3) is 0 Å². The minimum atomic E-state index is 0.311. The van der Waals surface area contributed by atoms with E-state index in [4.69, 9.17) is 5.73 Å². The number of nitrogens with two attached hydrogens (primary N) is 1. The number of hydrogen-bond donors (Lipinski definition) is 2. The summed E-state index contributed by atoms with van der Waals surface area (Å²) in [4.78, 5) is 8.37. The van der Waals surface area contributed by atoms with Gasteiger partial charge in [-0.1, -0.05) is 6.07 Å². The molecule has 0 amide bonds. The molecule has 0 saturated heterocycles. The van der Waals surface area contributed by atoms with Crippen molar-refractivity contribution in [2.75, 3.05) is 5.73 Å². The summed E-state index contributed by atoms with van der Waals surface area (Å²) in [6.07, 6.45) is 3.64. The number of anilines is 1. The fourth-order valence-electron chi connectivity index (χ4n) is 1.89. The third-order valence-electron chi connectivity index (χ3n) is 2.74. The standard InChI is InChI=1S/C12H11N5/c1-7-10-4-8(9-5-14-15-6-9)2-3-11(10)17-12(13)16-7/h2-6H,1H3,(H,14,15)(H2,13,16,17). The number of H-pyrrole nitrogens is 1. The summed E-state index contributed by atoms with van der Waals surface area (Å²) < 4.78 is 0. The smallest absolute Gasteiger partial charge is 0.220 e. The van der Waals surface area contributed by atoms with Crippen LogP contribution in [0.4, 0.5) is 5.95 Å². The Labute approximate surface area is 97.7 Å². The number of aromatic nitrogens is 4. The highest BCUT2D eigenvalue weighted by Crippen LogP contribution is 2.24. The summed E-state index contributed by atoms with van der Waals surface area (Å²) in [5.41, 5.74) is 9.50. The van der Waals surface area contributed by atoms with Crippen LogP contribution < -0.4 is 5.73 Å². The summed E-state index contributed by atoms with van der Waals surface area (Å²) in [6.45, 7) is 1.93. The van der Waals surface area contributed by atoms with Crippen molar-refractivity contribution in [2.45, 2.75) is 6.92 Å². The van der Waals surface area contributed by atoms with Crippen LogP contribution in [0.15, 0.2) is 30.6 Å². The number of aryl methyl sites for hydroxylation is 1. The molecule has 0 unspecified atom stereocenters. The molecule has 2 aromatic heterocycles. The van der Waals surface area contributed by atoms with Crippen LogP contribution in [0, 0.1) is 6.92 Å². The van der Waals surface area contributed by atoms with E-state index < -0.39 is 0 Å². The van der Waals surface area contributed by atoms with E-state index in [0.717, 1.165) is 27.7 Å². The van der Waals surface area contributed by atoms with Crippen molar-refractivity contribution >= 4 is 16.9 Å². The Morgan fingerprint density at radius 2 is 2.06 bits per heavy atom. The van der Waals surface area contributed by atoms with E-state index in [-0.39, 0.29) is 0 Å². The zero-order valence-corrected chi connectivity index (χ0v) is 9.31. The van der Waals surface area contributed by atoms with E-state index in [1.165, 1.54) is 0 Å². The number of benzene rings is 1. The molecule has 0 aliphatic carbocycles. The molecule has 0 fully saturated rings. The zero-order valence-electron chi connectivity index (χ0n) is 9.31. The summed E-state index contributed by atoms with van der Waals surface area (Å²) in [5, 5.41) is 7.75. The average Bonchev–Trinajstić information content (AvgIpc) is 2.82. The van der Waals surface area contributed by atoms with Crippen molar-refractivity contribution in [3.63, 3.8) is 0 Å². The Morgan fingerprint density at radius 3 is 2.82 bits per heavy atom. The fraction of sp³-hybridized carbons (Fsp3) is 0.0833. The highest BCUT2D eigenvalue weighted by molar-refractivity contribution is 5.86. The van der Waals surface area contributed by atoms with Gasteiger partial charge in [0.05, 0.1) is 17.4 Å². The Balaban J connectivity index is 2.26. The molecule has 0 saturated carbocycles. The van der Waals surface area contributed by atoms with Gasteiger partial charge in [-0.05, 0) is 24.6 Å². The lowest BCUT2D eigenvalue weighted by Gasteiger charge is -2.04. The Kier molecular flexibility index (Phi) is 2.04. The van der Waals surface area contributed by atoms with Crippen molar-refractivity contribution in [1.82, 2.24) is 20.2 Å². The monoisotopic (exact) mass is 225 g/mol. The second kappa shape index (κ2) is 3.55. The number of aromatic amines is 1. The SMILES string of the molecule is Cc1nc(N)nc2ccc(-c3cn[nH]c3)cc12. The molecule has 5 heteroatoms. The van der Waals surface area contributed by atoms with Crippen LogP contribution in [0.3, 0.4) is 0 Å². The lowest BCUT2D eigenvalue weighted by atomic mass is 10.1. The number of nitrogen functional groups attached to an aromatic ring is 1. The van der Waals surface area contributed by atoms with Crippen LogP contribution >= 0.6 is 0 Å². The molecule has 3 N–H and O–H groups in total. The quantitative estimate of drug-likeness (QED) is 0.663. The molecular weight excluding hydrogens is 214 g/mol. The molecule has 0 bridgehead atoms. The first-order chi connectivity index (χ1) is 8.24. The van der Waals surface area contributed by atoms with Gasteiger partial charge < -0.3 is 5.73 Å². The number of fused-ring (bicyclic) bond motifs is 1. The van der Waals surface area contributed by atoms with Crippen LogP contribution in [0.5, 0.6) is 0 Å². The van der Waals surface area contributed by atoms with Gasteiger partial charge in [0, 0.05) is 17.1 Å². The molecule has 3 aromatic rings. The largest absolute Gasteiger partial charge is 0.368 e. The Bertz CT molecular complexity index is 673. The molecule has 0 aliphatic rings. The summed E-state index contributed by atoms with van der Waals surface area (Å²) in [6, 6.07) is 6.00. The summed E-state index contributed by atoms with van der Waals surface area (Å²) in [5.74, 6) is 0.311. The van der Waals surface area contributed by atoms with Gasteiger partial charge in [0.15, 0.2) is 0 Å². The van der Waals surface area contributed by atoms with Crippen molar-refractivity contribution in [3.05, 3.63) is 36.3 Å². The van der Waals surface area contributed by atoms with Gasteiger partial charge in [0.2, 0.25) is 5.95 Å². The second-order valence-electron chi connectivity index (χ2n) is 3.89. The van der Waals surface area contributed by atoms with Crippen molar-refractivity contribution in [3.8, 4) is 11.1 Å². The van der Waals surface area contributed by atoms with Gasteiger partial charge in [-0.2, -0.15) is 5.10 Å². The van der Waals surface area contributed by atoms with Crippen LogP contribution in [0.2, 0.25) is 0 Å². The van der Waals surface area contributed by atoms with Crippen LogP contribution in [-0.2, 0) is 0 Å². The van der Waals surface area contributed by atoms with Gasteiger partial charge in [0.1, 0.15) is 0 Å². The molecule has 0 aliphatic heterocycles. The lowest BCUT2D eigenvalue weighted by Crippen LogP contribution is -1.97. The molecule has 17 heavy (non-hydrogen) atoms. The third-order valence-corrected chi connectivity index (χ3v) is 2.74. The summed E-state index contributed by atoms with van der Waals surface area (Å²) >= 11 is 0. The van der Waals surface area contributed by atoms with Crippen molar-refractivity contribution < 1.29 is 0 Å². The van der Waals surface area contributed by atoms with Gasteiger partial charge in [-0.3, -0.25) is 5.10 Å². The molecule has 5 nitrogen and oxygen atoms in total. The molecule has 0 atom stereocenters. The van der Waals surface area contributed by atoms with E-state index in [1.54, 1.807) is 6.20 Å². The first kappa shape index (κ1) is 9.77. The summed E-state index contributed by atoms with van der Waals surface area (Å²) in [7, 11) is 0. The molecule has 3 rings (SSSR count). The minimum absolute atomic E-state index is 0.311. The van der Waals surface area contributed by atoms with Crippen molar-refractivity contribution in [1.29, 1.82) is 0 Å². The maximum Gasteiger partial charge on any atom is 0.220 e. The molecule has 2 heterocycles. The first-order valence-corrected chi connectivity index (χ1v) is 5.27. The molecule has 84 valence electrons. The molecule has 0 spiro atoms. The predicted molar refractivity (Wildman–Crippen MR) is 66.3 cm³/mol. The third kappa shape index (κ3) is 1.61. The van der Waals surface area contributed by atoms with Gasteiger partial charge in [-0.25, -0.2) is 9.97 Å². The topological polar surface area (TPSA) is 80.5 Å². The van der Waals surface area contributed by atoms with Gasteiger partial charge >= 0.3 is 0 Å². The molecule has 1 aromatic carbocycles. The van der Waals surface area contributed by atoms with Crippen LogP contribution in [0.1, 0.15) is 5.69 Å². The Morgan fingerprint density at radius 1 is 1.18 bits per heavy atom. The van der Waals surface area contributed by atoms with E-state index in [0.29, 0.717) is 5.95 Å². The highest BCUT2D eigenvalue weighted by atomic mass is 15.1. The van der Waals surface area contributed by atoms with Crippen LogP contribution in [0.25, 0.3) is 22.0 Å². The number of nitrogens with one attached hydrogen (secondary N) is 1. The van der Waals surface area contributed by atoms with E-state index in [9.17, 15) is 0 Å².